The van der Waals surface area contributed by atoms with E-state index in [-0.39, 0.29) is 0 Å². The van der Waals surface area contributed by atoms with Crippen molar-refractivity contribution in [1.82, 2.24) is 9.78 Å². The molecule has 1 aromatic heterocycles. The third-order valence-corrected chi connectivity index (χ3v) is 1.51. The number of rotatable bonds is 3. The molecule has 0 aromatic carbocycles. The van der Waals surface area contributed by atoms with Crippen molar-refractivity contribution in [2.24, 2.45) is 0 Å². The molecule has 1 heterocycles. The number of carboxylic acid groups (broad SMARTS) is 1. The zero-order chi connectivity index (χ0) is 10.0. The Morgan fingerprint density at radius 1 is 1.77 bits per heavy atom. The molecule has 0 spiro atoms. The third-order valence-electron chi connectivity index (χ3n) is 1.51. The van der Waals surface area contributed by atoms with E-state index < -0.39 is 24.6 Å². The Morgan fingerprint density at radius 2 is 2.38 bits per heavy atom. The number of hydrogen-bond acceptors (Lipinski definition) is 2. The topological polar surface area (TPSA) is 55.1 Å². The molecule has 4 nitrogen and oxygen atoms in total. The minimum absolute atomic E-state index is 0.390. The molecule has 1 N–H and O–H groups in total. The van der Waals surface area contributed by atoms with Gasteiger partial charge in [0.05, 0.1) is 0 Å². The molecule has 0 aliphatic carbocycles. The standard InChI is InChI=1S/C7H8F2N2O2/c1-4-2-5(7(8)9)10-11(4)3-6(12)13/h2,7H,3H2,1H3,(H,12,13). The van der Waals surface area contributed by atoms with Crippen LogP contribution in [0.3, 0.4) is 0 Å². The van der Waals surface area contributed by atoms with Crippen molar-refractivity contribution in [3.05, 3.63) is 17.5 Å². The maximum atomic E-state index is 12.1. The molecule has 1 rings (SSSR count). The molecule has 0 unspecified atom stereocenters. The predicted molar refractivity (Wildman–Crippen MR) is 39.6 cm³/mol. The molecular weight excluding hydrogens is 182 g/mol. The van der Waals surface area contributed by atoms with Crippen LogP contribution in [0, 0.1) is 6.92 Å². The Morgan fingerprint density at radius 3 is 2.77 bits per heavy atom. The first-order chi connectivity index (χ1) is 6.00. The van der Waals surface area contributed by atoms with Gasteiger partial charge < -0.3 is 5.11 Å². The van der Waals surface area contributed by atoms with Gasteiger partial charge in [0, 0.05) is 5.69 Å². The molecule has 0 radical (unpaired) electrons. The summed E-state index contributed by atoms with van der Waals surface area (Å²) in [7, 11) is 0. The van der Waals surface area contributed by atoms with Crippen molar-refractivity contribution in [2.75, 3.05) is 0 Å². The fourth-order valence-corrected chi connectivity index (χ4v) is 0.930. The molecule has 0 fully saturated rings. The van der Waals surface area contributed by atoms with E-state index >= 15 is 0 Å². The van der Waals surface area contributed by atoms with Gasteiger partial charge in [0.25, 0.3) is 6.43 Å². The second-order valence-electron chi connectivity index (χ2n) is 2.56. The number of aliphatic carboxylic acids is 1. The first-order valence-electron chi connectivity index (χ1n) is 3.55. The second kappa shape index (κ2) is 3.51. The molecule has 0 bridgehead atoms. The summed E-state index contributed by atoms with van der Waals surface area (Å²) in [5, 5.41) is 11.8. The fourth-order valence-electron chi connectivity index (χ4n) is 0.930. The smallest absolute Gasteiger partial charge is 0.325 e. The van der Waals surface area contributed by atoms with Crippen LogP contribution in [0.2, 0.25) is 0 Å². The van der Waals surface area contributed by atoms with Crippen molar-refractivity contribution >= 4 is 5.97 Å². The van der Waals surface area contributed by atoms with Crippen LogP contribution >= 0.6 is 0 Å². The van der Waals surface area contributed by atoms with Crippen molar-refractivity contribution < 1.29 is 18.7 Å². The molecule has 0 atom stereocenters. The van der Waals surface area contributed by atoms with E-state index in [2.05, 4.69) is 5.10 Å². The molecule has 6 heteroatoms. The van der Waals surface area contributed by atoms with Crippen molar-refractivity contribution in [2.45, 2.75) is 19.9 Å². The number of aromatic nitrogens is 2. The summed E-state index contributed by atoms with van der Waals surface area (Å²) >= 11 is 0. The van der Waals surface area contributed by atoms with E-state index in [4.69, 9.17) is 5.11 Å². The van der Waals surface area contributed by atoms with E-state index in [1.165, 1.54) is 13.0 Å². The van der Waals surface area contributed by atoms with E-state index in [1.807, 2.05) is 0 Å². The van der Waals surface area contributed by atoms with Gasteiger partial charge in [0.15, 0.2) is 0 Å². The summed E-state index contributed by atoms with van der Waals surface area (Å²) in [6.07, 6.45) is -2.66. The van der Waals surface area contributed by atoms with Gasteiger partial charge in [-0.1, -0.05) is 0 Å². The minimum Gasteiger partial charge on any atom is -0.480 e. The number of carboxylic acids is 1. The van der Waals surface area contributed by atoms with E-state index in [1.54, 1.807) is 0 Å². The lowest BCUT2D eigenvalue weighted by Crippen LogP contribution is -2.11. The SMILES string of the molecule is Cc1cc(C(F)F)nn1CC(=O)O. The molecule has 1 aromatic rings. The number of carbonyl (C=O) groups is 1. The maximum Gasteiger partial charge on any atom is 0.325 e. The number of alkyl halides is 2. The van der Waals surface area contributed by atoms with E-state index in [0.29, 0.717) is 5.69 Å². The monoisotopic (exact) mass is 190 g/mol. The van der Waals surface area contributed by atoms with Crippen LogP contribution in [0.25, 0.3) is 0 Å². The Balaban J connectivity index is 2.89. The van der Waals surface area contributed by atoms with Gasteiger partial charge >= 0.3 is 5.97 Å². The lowest BCUT2D eigenvalue weighted by atomic mass is 10.4. The van der Waals surface area contributed by atoms with Gasteiger partial charge in [0.1, 0.15) is 12.2 Å². The molecule has 0 saturated heterocycles. The molecule has 72 valence electrons. The van der Waals surface area contributed by atoms with Crippen LogP contribution in [-0.2, 0) is 11.3 Å². The second-order valence-corrected chi connectivity index (χ2v) is 2.56. The molecule has 0 saturated carbocycles. The largest absolute Gasteiger partial charge is 0.480 e. The van der Waals surface area contributed by atoms with Gasteiger partial charge in [-0.3, -0.25) is 9.48 Å². The minimum atomic E-state index is -2.66. The Bertz CT molecular complexity index is 322. The summed E-state index contributed by atoms with van der Waals surface area (Å²) < 4.78 is 25.2. The Hall–Kier alpha value is -1.46. The quantitative estimate of drug-likeness (QED) is 0.779. The van der Waals surface area contributed by atoms with Crippen molar-refractivity contribution in [1.29, 1.82) is 0 Å². The van der Waals surface area contributed by atoms with E-state index in [0.717, 1.165) is 4.68 Å². The third kappa shape index (κ3) is 2.24. The number of hydrogen-bond donors (Lipinski definition) is 1. The van der Waals surface area contributed by atoms with Gasteiger partial charge in [-0.25, -0.2) is 8.78 Å². The van der Waals surface area contributed by atoms with Gasteiger partial charge in [-0.05, 0) is 13.0 Å². The fraction of sp³-hybridized carbons (Fsp3) is 0.429. The summed E-state index contributed by atoms with van der Waals surface area (Å²) in [5.41, 5.74) is 0.0245. The highest BCUT2D eigenvalue weighted by atomic mass is 19.3. The zero-order valence-electron chi connectivity index (χ0n) is 6.87. The molecule has 0 aliphatic heterocycles. The highest BCUT2D eigenvalue weighted by Crippen LogP contribution is 2.17. The van der Waals surface area contributed by atoms with Crippen molar-refractivity contribution in [3.8, 4) is 0 Å². The van der Waals surface area contributed by atoms with Crippen LogP contribution in [0.4, 0.5) is 8.78 Å². The summed E-state index contributed by atoms with van der Waals surface area (Å²) in [4.78, 5) is 10.3. The Kier molecular flexibility index (Phi) is 2.60. The average Bonchev–Trinajstić information content (AvgIpc) is 2.31. The van der Waals surface area contributed by atoms with E-state index in [9.17, 15) is 13.6 Å². The van der Waals surface area contributed by atoms with Crippen LogP contribution in [0.1, 0.15) is 17.8 Å². The normalized spacial score (nSPS) is 10.8. The molecule has 0 aliphatic rings. The highest BCUT2D eigenvalue weighted by Gasteiger charge is 2.14. The maximum absolute atomic E-state index is 12.1. The van der Waals surface area contributed by atoms with Gasteiger partial charge in [-0.15, -0.1) is 0 Å². The van der Waals surface area contributed by atoms with Gasteiger partial charge in [0.2, 0.25) is 0 Å². The first kappa shape index (κ1) is 9.63. The lowest BCUT2D eigenvalue weighted by molar-refractivity contribution is -0.137. The predicted octanol–water partition coefficient (Wildman–Crippen LogP) is 1.21. The summed E-state index contributed by atoms with van der Waals surface area (Å²) in [5.74, 6) is -1.10. The molecule has 13 heavy (non-hydrogen) atoms. The first-order valence-corrected chi connectivity index (χ1v) is 3.55. The van der Waals surface area contributed by atoms with Crippen LogP contribution in [0.15, 0.2) is 6.07 Å². The average molecular weight is 190 g/mol. The highest BCUT2D eigenvalue weighted by molar-refractivity contribution is 5.66. The Labute approximate surface area is 72.8 Å². The van der Waals surface area contributed by atoms with Crippen LogP contribution in [0.5, 0.6) is 0 Å². The lowest BCUT2D eigenvalue weighted by Gasteiger charge is -1.97. The van der Waals surface area contributed by atoms with Crippen molar-refractivity contribution in [3.63, 3.8) is 0 Å². The summed E-state index contributed by atoms with van der Waals surface area (Å²) in [6.45, 7) is 1.14. The number of halogens is 2. The number of nitrogens with zero attached hydrogens (tertiary/aromatic N) is 2. The van der Waals surface area contributed by atoms with Crippen LogP contribution < -0.4 is 0 Å². The number of aryl methyl sites for hydroxylation is 1. The molecular formula is C7H8F2N2O2. The van der Waals surface area contributed by atoms with Gasteiger partial charge in [-0.2, -0.15) is 5.10 Å². The molecule has 0 amide bonds. The summed E-state index contributed by atoms with van der Waals surface area (Å²) in [6, 6.07) is 1.17. The zero-order valence-corrected chi connectivity index (χ0v) is 6.87. The van der Waals surface area contributed by atoms with Crippen LogP contribution in [-0.4, -0.2) is 20.9 Å².